The summed E-state index contributed by atoms with van der Waals surface area (Å²) in [5.74, 6) is -1.15. The van der Waals surface area contributed by atoms with Gasteiger partial charge in [0.25, 0.3) is 5.79 Å². The molecule has 1 aliphatic heterocycles. The maximum Gasteiger partial charge on any atom is 0.309 e. The van der Waals surface area contributed by atoms with Gasteiger partial charge in [0.05, 0.1) is 12.8 Å². The van der Waals surface area contributed by atoms with Crippen LogP contribution in [-0.4, -0.2) is 17.7 Å². The summed E-state index contributed by atoms with van der Waals surface area (Å²) in [5, 5.41) is 0. The average Bonchev–Trinajstić information content (AvgIpc) is 2.83. The van der Waals surface area contributed by atoms with Crippen LogP contribution in [0.4, 0.5) is 0 Å². The van der Waals surface area contributed by atoms with Gasteiger partial charge in [-0.15, -0.1) is 0 Å². The third kappa shape index (κ3) is 1.52. The summed E-state index contributed by atoms with van der Waals surface area (Å²) in [6.07, 6.45) is 2.04. The summed E-state index contributed by atoms with van der Waals surface area (Å²) >= 11 is 0. The van der Waals surface area contributed by atoms with Crippen molar-refractivity contribution in [1.82, 2.24) is 0 Å². The van der Waals surface area contributed by atoms with E-state index in [-0.39, 0.29) is 36.6 Å². The summed E-state index contributed by atoms with van der Waals surface area (Å²) in [6, 6.07) is 0. The zero-order valence-electron chi connectivity index (χ0n) is 9.12. The Balaban J connectivity index is 2.19. The molecule has 1 heterocycles. The molecule has 0 aromatic heterocycles. The van der Waals surface area contributed by atoms with E-state index in [9.17, 15) is 9.59 Å². The second kappa shape index (κ2) is 3.51. The van der Waals surface area contributed by atoms with Crippen LogP contribution in [0.2, 0.25) is 0 Å². The Hall–Kier alpha value is -1.06. The van der Waals surface area contributed by atoms with E-state index in [1.165, 1.54) is 0 Å². The SMILES string of the molecule is CCC1C(CC)C12OC(=O)CCC(=O)O2. The average molecular weight is 212 g/mol. The van der Waals surface area contributed by atoms with Gasteiger partial charge in [0.15, 0.2) is 0 Å². The number of carbonyl (C=O) groups excluding carboxylic acids is 2. The summed E-state index contributed by atoms with van der Waals surface area (Å²) in [6.45, 7) is 4.04. The van der Waals surface area contributed by atoms with Crippen LogP contribution < -0.4 is 0 Å². The molecule has 0 radical (unpaired) electrons. The molecular weight excluding hydrogens is 196 g/mol. The van der Waals surface area contributed by atoms with Gasteiger partial charge < -0.3 is 9.47 Å². The molecule has 2 unspecified atom stereocenters. The van der Waals surface area contributed by atoms with Gasteiger partial charge in [0.2, 0.25) is 0 Å². The number of rotatable bonds is 2. The zero-order valence-corrected chi connectivity index (χ0v) is 9.12. The number of hydrogen-bond donors (Lipinski definition) is 0. The van der Waals surface area contributed by atoms with E-state index in [0.29, 0.717) is 0 Å². The van der Waals surface area contributed by atoms with Crippen molar-refractivity contribution in [2.24, 2.45) is 11.8 Å². The molecule has 0 N–H and O–H groups in total. The van der Waals surface area contributed by atoms with Crippen molar-refractivity contribution in [1.29, 1.82) is 0 Å². The van der Waals surface area contributed by atoms with E-state index in [1.54, 1.807) is 0 Å². The number of carbonyl (C=O) groups is 2. The molecule has 0 aromatic carbocycles. The van der Waals surface area contributed by atoms with Crippen molar-refractivity contribution in [3.05, 3.63) is 0 Å². The van der Waals surface area contributed by atoms with E-state index < -0.39 is 5.79 Å². The van der Waals surface area contributed by atoms with Gasteiger partial charge in [0, 0.05) is 11.8 Å². The maximum absolute atomic E-state index is 11.4. The molecule has 2 atom stereocenters. The van der Waals surface area contributed by atoms with Gasteiger partial charge >= 0.3 is 11.9 Å². The zero-order chi connectivity index (χ0) is 11.1. The third-order valence-corrected chi connectivity index (χ3v) is 3.37. The normalized spacial score (nSPS) is 33.2. The van der Waals surface area contributed by atoms with Crippen LogP contribution >= 0.6 is 0 Å². The molecule has 1 spiro atoms. The van der Waals surface area contributed by atoms with Gasteiger partial charge in [-0.1, -0.05) is 13.8 Å². The van der Waals surface area contributed by atoms with Crippen molar-refractivity contribution in [3.63, 3.8) is 0 Å². The predicted molar refractivity (Wildman–Crippen MR) is 51.7 cm³/mol. The quantitative estimate of drug-likeness (QED) is 0.653. The molecule has 1 aliphatic carbocycles. The first-order valence-corrected chi connectivity index (χ1v) is 5.57. The van der Waals surface area contributed by atoms with Crippen molar-refractivity contribution in [3.8, 4) is 0 Å². The highest BCUT2D eigenvalue weighted by Gasteiger charge is 2.70. The molecule has 2 rings (SSSR count). The fourth-order valence-corrected chi connectivity index (χ4v) is 2.60. The first kappa shape index (κ1) is 10.5. The maximum atomic E-state index is 11.4. The Morgan fingerprint density at radius 2 is 1.47 bits per heavy atom. The summed E-state index contributed by atoms with van der Waals surface area (Å²) < 4.78 is 10.6. The Morgan fingerprint density at radius 1 is 1.07 bits per heavy atom. The molecule has 1 saturated carbocycles. The Morgan fingerprint density at radius 3 is 1.80 bits per heavy atom. The lowest BCUT2D eigenvalue weighted by atomic mass is 10.2. The minimum absolute atomic E-state index is 0.146. The molecule has 4 heteroatoms. The lowest BCUT2D eigenvalue weighted by Crippen LogP contribution is -2.26. The lowest BCUT2D eigenvalue weighted by Gasteiger charge is -2.16. The van der Waals surface area contributed by atoms with Crippen LogP contribution in [0.3, 0.4) is 0 Å². The smallest absolute Gasteiger partial charge is 0.309 e. The third-order valence-electron chi connectivity index (χ3n) is 3.37. The van der Waals surface area contributed by atoms with Crippen LogP contribution in [0.5, 0.6) is 0 Å². The summed E-state index contributed by atoms with van der Waals surface area (Å²) in [7, 11) is 0. The summed E-state index contributed by atoms with van der Waals surface area (Å²) in [4.78, 5) is 22.7. The van der Waals surface area contributed by atoms with Crippen molar-refractivity contribution >= 4 is 11.9 Å². The minimum atomic E-state index is -0.909. The van der Waals surface area contributed by atoms with E-state index in [0.717, 1.165) is 12.8 Å². The monoisotopic (exact) mass is 212 g/mol. The van der Waals surface area contributed by atoms with Gasteiger partial charge in [-0.2, -0.15) is 0 Å². The number of hydrogen-bond acceptors (Lipinski definition) is 4. The molecule has 4 nitrogen and oxygen atoms in total. The van der Waals surface area contributed by atoms with Gasteiger partial charge in [-0.25, -0.2) is 0 Å². The molecule has 2 fully saturated rings. The van der Waals surface area contributed by atoms with Gasteiger partial charge in [-0.05, 0) is 12.8 Å². The van der Waals surface area contributed by atoms with E-state index >= 15 is 0 Å². The van der Waals surface area contributed by atoms with Crippen LogP contribution in [0.25, 0.3) is 0 Å². The molecular formula is C11H16O4. The highest BCUT2D eigenvalue weighted by atomic mass is 16.7. The molecule has 2 aliphatic rings. The van der Waals surface area contributed by atoms with Crippen LogP contribution in [0.15, 0.2) is 0 Å². The second-order valence-electron chi connectivity index (χ2n) is 4.20. The van der Waals surface area contributed by atoms with E-state index in [4.69, 9.17) is 9.47 Å². The summed E-state index contributed by atoms with van der Waals surface area (Å²) in [5.41, 5.74) is 0. The largest absolute Gasteiger partial charge is 0.422 e. The highest BCUT2D eigenvalue weighted by molar-refractivity contribution is 5.80. The van der Waals surface area contributed by atoms with Crippen LogP contribution in [-0.2, 0) is 19.1 Å². The number of esters is 2. The Kier molecular flexibility index (Phi) is 2.44. The first-order chi connectivity index (χ1) is 7.14. The molecule has 0 bridgehead atoms. The molecule has 15 heavy (non-hydrogen) atoms. The fourth-order valence-electron chi connectivity index (χ4n) is 2.60. The molecule has 0 amide bonds. The number of ether oxygens (including phenoxy) is 2. The molecule has 0 aromatic rings. The van der Waals surface area contributed by atoms with Crippen LogP contribution in [0.1, 0.15) is 39.5 Å². The highest BCUT2D eigenvalue weighted by Crippen LogP contribution is 2.58. The predicted octanol–water partition coefficient (Wildman–Crippen LogP) is 1.63. The standard InChI is InChI=1S/C11H16O4/c1-3-7-8(4-2)11(7)14-9(12)5-6-10(13)15-11/h7-8H,3-6H2,1-2H3. The lowest BCUT2D eigenvalue weighted by molar-refractivity contribution is -0.196. The van der Waals surface area contributed by atoms with Crippen molar-refractivity contribution < 1.29 is 19.1 Å². The molecule has 1 saturated heterocycles. The Labute approximate surface area is 88.9 Å². The van der Waals surface area contributed by atoms with Crippen LogP contribution in [0, 0.1) is 11.8 Å². The Bertz CT molecular complexity index is 267. The minimum Gasteiger partial charge on any atom is -0.422 e. The topological polar surface area (TPSA) is 52.6 Å². The van der Waals surface area contributed by atoms with Crippen molar-refractivity contribution in [2.75, 3.05) is 0 Å². The fraction of sp³-hybridized carbons (Fsp3) is 0.818. The van der Waals surface area contributed by atoms with E-state index in [1.807, 2.05) is 13.8 Å². The van der Waals surface area contributed by atoms with Gasteiger partial charge in [0.1, 0.15) is 0 Å². The van der Waals surface area contributed by atoms with Gasteiger partial charge in [-0.3, -0.25) is 9.59 Å². The van der Waals surface area contributed by atoms with E-state index in [2.05, 4.69) is 0 Å². The second-order valence-corrected chi connectivity index (χ2v) is 4.20. The van der Waals surface area contributed by atoms with Crippen molar-refractivity contribution in [2.45, 2.75) is 45.3 Å². The molecule has 84 valence electrons. The first-order valence-electron chi connectivity index (χ1n) is 5.57.